The van der Waals surface area contributed by atoms with E-state index >= 15 is 0 Å². The molecule has 18 heavy (non-hydrogen) atoms. The second-order valence-corrected chi connectivity index (χ2v) is 5.52. The van der Waals surface area contributed by atoms with Crippen LogP contribution < -0.4 is 11.1 Å². The number of rotatable bonds is 2. The Morgan fingerprint density at radius 2 is 2.22 bits per heavy atom. The van der Waals surface area contributed by atoms with Crippen LogP contribution in [0.4, 0.5) is 11.8 Å². The van der Waals surface area contributed by atoms with Gasteiger partial charge in [-0.2, -0.15) is 4.98 Å². The Balaban J connectivity index is 1.65. The molecule has 2 atom stereocenters. The predicted octanol–water partition coefficient (Wildman–Crippen LogP) is 1.75. The van der Waals surface area contributed by atoms with Gasteiger partial charge in [0.05, 0.1) is 0 Å². The molecular formula is C12H18ClN5. The summed E-state index contributed by atoms with van der Waals surface area (Å²) in [6, 6.07) is 2.94. The zero-order chi connectivity index (χ0) is 12.5. The molecule has 2 fully saturated rings. The summed E-state index contributed by atoms with van der Waals surface area (Å²) in [6.07, 6.45) is 4.99. The van der Waals surface area contributed by atoms with Crippen LogP contribution in [0.25, 0.3) is 0 Å². The molecule has 3 heterocycles. The first-order chi connectivity index (χ1) is 8.70. The van der Waals surface area contributed by atoms with Gasteiger partial charge in [0.1, 0.15) is 11.0 Å². The number of aromatic nitrogens is 2. The molecule has 0 radical (unpaired) electrons. The molecule has 0 amide bonds. The minimum Gasteiger partial charge on any atom is -0.368 e. The lowest BCUT2D eigenvalue weighted by molar-refractivity contribution is 0.188. The van der Waals surface area contributed by atoms with Gasteiger partial charge in [-0.25, -0.2) is 4.98 Å². The third-order valence-electron chi connectivity index (χ3n) is 3.88. The molecule has 0 bridgehead atoms. The molecule has 6 heteroatoms. The smallest absolute Gasteiger partial charge is 0.223 e. The highest BCUT2D eigenvalue weighted by molar-refractivity contribution is 6.29. The van der Waals surface area contributed by atoms with E-state index < -0.39 is 0 Å². The second kappa shape index (κ2) is 4.90. The normalized spacial score (nSPS) is 28.1. The molecule has 2 aliphatic rings. The first kappa shape index (κ1) is 12.0. The summed E-state index contributed by atoms with van der Waals surface area (Å²) in [5, 5.41) is 3.82. The molecule has 0 saturated carbocycles. The van der Waals surface area contributed by atoms with Crippen LogP contribution in [0.3, 0.4) is 0 Å². The molecule has 0 spiro atoms. The molecule has 3 N–H and O–H groups in total. The number of hydrogen-bond donors (Lipinski definition) is 2. The third-order valence-corrected chi connectivity index (χ3v) is 4.08. The van der Waals surface area contributed by atoms with Gasteiger partial charge in [0.25, 0.3) is 0 Å². The average molecular weight is 268 g/mol. The highest BCUT2D eigenvalue weighted by Gasteiger charge is 2.31. The number of nitrogens with two attached hydrogens (primary N) is 1. The van der Waals surface area contributed by atoms with Crippen LogP contribution in [-0.2, 0) is 0 Å². The van der Waals surface area contributed by atoms with Gasteiger partial charge in [0.2, 0.25) is 5.95 Å². The van der Waals surface area contributed by atoms with Gasteiger partial charge in [-0.15, -0.1) is 0 Å². The molecule has 0 aliphatic carbocycles. The molecule has 1 aromatic rings. The first-order valence-corrected chi connectivity index (χ1v) is 6.89. The maximum atomic E-state index is 5.88. The second-order valence-electron chi connectivity index (χ2n) is 5.13. The SMILES string of the molecule is Nc1nc(Cl)cc(NC2CCN3CCCC3C2)n1. The Hall–Kier alpha value is -1.07. The lowest BCUT2D eigenvalue weighted by Gasteiger charge is -2.35. The van der Waals surface area contributed by atoms with Crippen LogP contribution in [0.5, 0.6) is 0 Å². The number of nitrogens with zero attached hydrogens (tertiary/aromatic N) is 3. The lowest BCUT2D eigenvalue weighted by Crippen LogP contribution is -2.42. The predicted molar refractivity (Wildman–Crippen MR) is 72.7 cm³/mol. The minimum absolute atomic E-state index is 0.225. The summed E-state index contributed by atoms with van der Waals surface area (Å²) in [4.78, 5) is 10.6. The summed E-state index contributed by atoms with van der Waals surface area (Å²) in [5.74, 6) is 0.965. The zero-order valence-corrected chi connectivity index (χ0v) is 11.0. The fourth-order valence-corrected chi connectivity index (χ4v) is 3.26. The van der Waals surface area contributed by atoms with Gasteiger partial charge >= 0.3 is 0 Å². The van der Waals surface area contributed by atoms with Crippen LogP contribution in [0, 0.1) is 0 Å². The Labute approximate surface area is 112 Å². The maximum absolute atomic E-state index is 5.88. The van der Waals surface area contributed by atoms with E-state index in [1.54, 1.807) is 6.07 Å². The van der Waals surface area contributed by atoms with E-state index in [1.807, 2.05) is 0 Å². The molecule has 1 aromatic heterocycles. The van der Waals surface area contributed by atoms with Crippen LogP contribution in [0.15, 0.2) is 6.07 Å². The van der Waals surface area contributed by atoms with Crippen LogP contribution in [0.2, 0.25) is 5.15 Å². The standard InChI is InChI=1S/C12H18ClN5/c13-10-7-11(17-12(14)16-10)15-8-3-5-18-4-1-2-9(18)6-8/h7-9H,1-6H2,(H3,14,15,16,17). The van der Waals surface area contributed by atoms with E-state index in [-0.39, 0.29) is 5.95 Å². The van der Waals surface area contributed by atoms with Gasteiger partial charge in [0.15, 0.2) is 0 Å². The largest absolute Gasteiger partial charge is 0.368 e. The number of anilines is 2. The monoisotopic (exact) mass is 267 g/mol. The van der Waals surface area contributed by atoms with E-state index in [1.165, 1.54) is 32.4 Å². The quantitative estimate of drug-likeness (QED) is 0.799. The number of nitrogen functional groups attached to an aromatic ring is 1. The highest BCUT2D eigenvalue weighted by atomic mass is 35.5. The summed E-state index contributed by atoms with van der Waals surface area (Å²) in [5.41, 5.74) is 5.60. The fraction of sp³-hybridized carbons (Fsp3) is 0.667. The van der Waals surface area contributed by atoms with Crippen LogP contribution >= 0.6 is 11.6 Å². The van der Waals surface area contributed by atoms with Crippen molar-refractivity contribution in [1.82, 2.24) is 14.9 Å². The van der Waals surface area contributed by atoms with Gasteiger partial charge in [-0.1, -0.05) is 11.6 Å². The van der Waals surface area contributed by atoms with Crippen molar-refractivity contribution in [2.45, 2.75) is 37.8 Å². The summed E-state index contributed by atoms with van der Waals surface area (Å²) in [7, 11) is 0. The van der Waals surface area contributed by atoms with Crippen molar-refractivity contribution < 1.29 is 0 Å². The van der Waals surface area contributed by atoms with Crippen LogP contribution in [0.1, 0.15) is 25.7 Å². The van der Waals surface area contributed by atoms with Crippen molar-refractivity contribution in [3.8, 4) is 0 Å². The number of fused-ring (bicyclic) bond motifs is 1. The summed E-state index contributed by atoms with van der Waals surface area (Å²) in [6.45, 7) is 2.44. The maximum Gasteiger partial charge on any atom is 0.223 e. The topological polar surface area (TPSA) is 67.1 Å². The van der Waals surface area contributed by atoms with E-state index in [0.29, 0.717) is 11.2 Å². The van der Waals surface area contributed by atoms with Gasteiger partial charge < -0.3 is 16.0 Å². The van der Waals surface area contributed by atoms with Crippen molar-refractivity contribution in [2.24, 2.45) is 0 Å². The van der Waals surface area contributed by atoms with E-state index in [4.69, 9.17) is 17.3 Å². The number of hydrogen-bond acceptors (Lipinski definition) is 5. The first-order valence-electron chi connectivity index (χ1n) is 6.51. The third kappa shape index (κ3) is 2.52. The van der Waals surface area contributed by atoms with Crippen molar-refractivity contribution in [1.29, 1.82) is 0 Å². The van der Waals surface area contributed by atoms with E-state index in [9.17, 15) is 0 Å². The van der Waals surface area contributed by atoms with Gasteiger partial charge in [0, 0.05) is 24.7 Å². The molecule has 2 saturated heterocycles. The Morgan fingerprint density at radius 1 is 1.33 bits per heavy atom. The zero-order valence-electron chi connectivity index (χ0n) is 10.3. The van der Waals surface area contributed by atoms with Crippen molar-refractivity contribution >= 4 is 23.4 Å². The lowest BCUT2D eigenvalue weighted by atomic mass is 9.98. The average Bonchev–Trinajstić information content (AvgIpc) is 2.74. The molecule has 98 valence electrons. The van der Waals surface area contributed by atoms with Crippen molar-refractivity contribution in [2.75, 3.05) is 24.1 Å². The van der Waals surface area contributed by atoms with Crippen molar-refractivity contribution in [3.63, 3.8) is 0 Å². The Kier molecular flexibility index (Phi) is 3.26. The van der Waals surface area contributed by atoms with E-state index in [0.717, 1.165) is 18.3 Å². The number of nitrogens with one attached hydrogen (secondary N) is 1. The van der Waals surface area contributed by atoms with Crippen molar-refractivity contribution in [3.05, 3.63) is 11.2 Å². The van der Waals surface area contributed by atoms with Gasteiger partial charge in [-0.05, 0) is 32.2 Å². The minimum atomic E-state index is 0.225. The fourth-order valence-electron chi connectivity index (χ4n) is 3.07. The number of halogens is 1. The van der Waals surface area contributed by atoms with Crippen LogP contribution in [-0.4, -0.2) is 40.0 Å². The molecular weight excluding hydrogens is 250 g/mol. The molecule has 3 rings (SSSR count). The van der Waals surface area contributed by atoms with E-state index in [2.05, 4.69) is 20.2 Å². The Bertz CT molecular complexity index is 418. The molecule has 2 unspecified atom stereocenters. The molecule has 5 nitrogen and oxygen atoms in total. The highest BCUT2D eigenvalue weighted by Crippen LogP contribution is 2.28. The number of piperidine rings is 1. The molecule has 2 aliphatic heterocycles. The molecule has 0 aromatic carbocycles. The summed E-state index contributed by atoms with van der Waals surface area (Å²) < 4.78 is 0. The van der Waals surface area contributed by atoms with Gasteiger partial charge in [-0.3, -0.25) is 0 Å². The summed E-state index contributed by atoms with van der Waals surface area (Å²) >= 11 is 5.88. The Morgan fingerprint density at radius 3 is 3.06 bits per heavy atom.